The van der Waals surface area contributed by atoms with E-state index >= 15 is 0 Å². The fourth-order valence-electron chi connectivity index (χ4n) is 3.84. The number of nitrogens with one attached hydrogen (secondary N) is 1. The number of piperidine rings is 1. The zero-order valence-electron chi connectivity index (χ0n) is 17.0. The lowest BCUT2D eigenvalue weighted by Crippen LogP contribution is -2.43. The number of likely N-dealkylation sites (tertiary alicyclic amines) is 1. The van der Waals surface area contributed by atoms with Gasteiger partial charge in [0.15, 0.2) is 0 Å². The summed E-state index contributed by atoms with van der Waals surface area (Å²) in [5.41, 5.74) is 3.23. The van der Waals surface area contributed by atoms with Gasteiger partial charge in [-0.15, -0.1) is 0 Å². The molecule has 1 aliphatic rings. The monoisotopic (exact) mass is 403 g/mol. The zero-order valence-corrected chi connectivity index (χ0v) is 17.0. The number of carbonyl (C=O) groups excluding carboxylic acids is 2. The molecule has 30 heavy (non-hydrogen) atoms. The predicted molar refractivity (Wildman–Crippen MR) is 117 cm³/mol. The molecular weight excluding hydrogens is 378 g/mol. The van der Waals surface area contributed by atoms with E-state index in [1.165, 1.54) is 12.5 Å². The van der Waals surface area contributed by atoms with Crippen molar-refractivity contribution in [1.29, 1.82) is 0 Å². The molecule has 3 aromatic rings. The van der Waals surface area contributed by atoms with Crippen LogP contribution in [0.2, 0.25) is 0 Å². The molecular formula is C24H25N3O3. The molecule has 0 aliphatic carbocycles. The highest BCUT2D eigenvalue weighted by atomic mass is 16.3. The molecule has 2 heterocycles. The highest BCUT2D eigenvalue weighted by Gasteiger charge is 2.29. The van der Waals surface area contributed by atoms with Gasteiger partial charge in [-0.2, -0.15) is 0 Å². The fourth-order valence-corrected chi connectivity index (χ4v) is 3.84. The lowest BCUT2D eigenvalue weighted by molar-refractivity contribution is -0.121. The summed E-state index contributed by atoms with van der Waals surface area (Å²) in [5, 5.41) is 3.09. The van der Waals surface area contributed by atoms with Gasteiger partial charge in [0.25, 0.3) is 5.91 Å². The maximum Gasteiger partial charge on any atom is 0.257 e. The van der Waals surface area contributed by atoms with Gasteiger partial charge in [-0.05, 0) is 43.2 Å². The van der Waals surface area contributed by atoms with Crippen molar-refractivity contribution < 1.29 is 14.0 Å². The van der Waals surface area contributed by atoms with Crippen molar-refractivity contribution in [1.82, 2.24) is 4.90 Å². The van der Waals surface area contributed by atoms with Crippen LogP contribution in [0.1, 0.15) is 23.2 Å². The lowest BCUT2D eigenvalue weighted by Gasteiger charge is -2.32. The van der Waals surface area contributed by atoms with Gasteiger partial charge in [0.2, 0.25) is 5.91 Å². The predicted octanol–water partition coefficient (Wildman–Crippen LogP) is 4.54. The first-order valence-electron chi connectivity index (χ1n) is 10.1. The smallest absolute Gasteiger partial charge is 0.257 e. The van der Waals surface area contributed by atoms with Crippen LogP contribution in [0.5, 0.6) is 0 Å². The Morgan fingerprint density at radius 2 is 1.83 bits per heavy atom. The molecule has 0 saturated carbocycles. The molecule has 6 nitrogen and oxygen atoms in total. The summed E-state index contributed by atoms with van der Waals surface area (Å²) < 4.78 is 5.02. The van der Waals surface area contributed by atoms with E-state index in [9.17, 15) is 9.59 Å². The normalized spacial score (nSPS) is 16.2. The number of hydrogen-bond acceptors (Lipinski definition) is 4. The number of nitrogens with zero attached hydrogens (tertiary/aromatic N) is 2. The lowest BCUT2D eigenvalue weighted by atomic mass is 9.96. The minimum Gasteiger partial charge on any atom is -0.472 e. The van der Waals surface area contributed by atoms with Crippen LogP contribution in [0.4, 0.5) is 17.1 Å². The Balaban J connectivity index is 1.47. The summed E-state index contributed by atoms with van der Waals surface area (Å²) in [6, 6.07) is 19.4. The molecule has 0 unspecified atom stereocenters. The van der Waals surface area contributed by atoms with Gasteiger partial charge in [-0.3, -0.25) is 9.59 Å². The van der Waals surface area contributed by atoms with Gasteiger partial charge in [0.05, 0.1) is 29.1 Å². The third-order valence-corrected chi connectivity index (χ3v) is 5.51. The molecule has 0 bridgehead atoms. The van der Waals surface area contributed by atoms with Crippen LogP contribution in [0.3, 0.4) is 0 Å². The molecule has 1 aromatic heterocycles. The summed E-state index contributed by atoms with van der Waals surface area (Å²) in [6.07, 6.45) is 4.49. The molecule has 0 spiro atoms. The van der Waals surface area contributed by atoms with E-state index in [4.69, 9.17) is 4.42 Å². The Kier molecular flexibility index (Phi) is 5.84. The molecule has 154 valence electrons. The van der Waals surface area contributed by atoms with Crippen LogP contribution in [0.25, 0.3) is 0 Å². The molecule has 1 fully saturated rings. The zero-order chi connectivity index (χ0) is 20.9. The Morgan fingerprint density at radius 1 is 1.07 bits per heavy atom. The number of carbonyl (C=O) groups is 2. The van der Waals surface area contributed by atoms with E-state index in [1.807, 2.05) is 66.5 Å². The van der Waals surface area contributed by atoms with E-state index in [0.717, 1.165) is 29.9 Å². The second-order valence-electron chi connectivity index (χ2n) is 7.50. The van der Waals surface area contributed by atoms with Crippen LogP contribution in [-0.4, -0.2) is 36.9 Å². The number of amides is 2. The summed E-state index contributed by atoms with van der Waals surface area (Å²) in [4.78, 5) is 29.4. The third-order valence-electron chi connectivity index (χ3n) is 5.51. The molecule has 1 N–H and O–H groups in total. The SMILES string of the molecule is CN(c1ccccc1)c1ccccc1NC(=O)[C@@H]1CCCN(C(=O)c2ccoc2)C1. The fraction of sp³-hybridized carbons (Fsp3) is 0.250. The summed E-state index contributed by atoms with van der Waals surface area (Å²) in [7, 11) is 1.98. The summed E-state index contributed by atoms with van der Waals surface area (Å²) in [6.45, 7) is 1.06. The quantitative estimate of drug-likeness (QED) is 0.679. The van der Waals surface area contributed by atoms with Crippen LogP contribution in [0.15, 0.2) is 77.6 Å². The Labute approximate surface area is 176 Å². The number of furan rings is 1. The largest absolute Gasteiger partial charge is 0.472 e. The van der Waals surface area contributed by atoms with Crippen LogP contribution >= 0.6 is 0 Å². The van der Waals surface area contributed by atoms with Crippen molar-refractivity contribution >= 4 is 28.9 Å². The van der Waals surface area contributed by atoms with Crippen molar-refractivity contribution in [3.63, 3.8) is 0 Å². The van der Waals surface area contributed by atoms with Crippen LogP contribution < -0.4 is 10.2 Å². The van der Waals surface area contributed by atoms with Crippen LogP contribution in [0, 0.1) is 5.92 Å². The molecule has 1 saturated heterocycles. The van der Waals surface area contributed by atoms with Gasteiger partial charge in [-0.25, -0.2) is 0 Å². The average Bonchev–Trinajstić information content (AvgIpc) is 3.34. The minimum absolute atomic E-state index is 0.0615. The third kappa shape index (κ3) is 4.22. The second kappa shape index (κ2) is 8.86. The number of benzene rings is 2. The molecule has 0 radical (unpaired) electrons. The van der Waals surface area contributed by atoms with Crippen molar-refractivity contribution in [2.24, 2.45) is 5.92 Å². The Morgan fingerprint density at radius 3 is 2.60 bits per heavy atom. The Bertz CT molecular complexity index is 1000. The first-order chi connectivity index (χ1) is 14.6. The number of rotatable bonds is 5. The van der Waals surface area contributed by atoms with E-state index in [0.29, 0.717) is 18.7 Å². The van der Waals surface area contributed by atoms with Gasteiger partial charge >= 0.3 is 0 Å². The van der Waals surface area contributed by atoms with E-state index in [2.05, 4.69) is 5.32 Å². The standard InChI is InChI=1S/C24H25N3O3/c1-26(20-9-3-2-4-10-20)22-12-6-5-11-21(22)25-23(28)18-8-7-14-27(16-18)24(29)19-13-15-30-17-19/h2-6,9-13,15,17-18H,7-8,14,16H2,1H3,(H,25,28)/t18-/m1/s1. The maximum atomic E-state index is 13.0. The first-order valence-corrected chi connectivity index (χ1v) is 10.1. The van der Waals surface area contributed by atoms with Crippen molar-refractivity contribution in [3.8, 4) is 0 Å². The second-order valence-corrected chi connectivity index (χ2v) is 7.50. The Hall–Kier alpha value is -3.54. The van der Waals surface area contributed by atoms with E-state index in [-0.39, 0.29) is 17.7 Å². The number of anilines is 3. The molecule has 1 atom stereocenters. The van der Waals surface area contributed by atoms with Crippen molar-refractivity contribution in [3.05, 3.63) is 78.8 Å². The topological polar surface area (TPSA) is 65.8 Å². The minimum atomic E-state index is -0.246. The van der Waals surface area contributed by atoms with Crippen molar-refractivity contribution in [2.45, 2.75) is 12.8 Å². The van der Waals surface area contributed by atoms with Crippen molar-refractivity contribution in [2.75, 3.05) is 30.4 Å². The summed E-state index contributed by atoms with van der Waals surface area (Å²) in [5.74, 6) is -0.399. The number of hydrogen-bond donors (Lipinski definition) is 1. The maximum absolute atomic E-state index is 13.0. The highest BCUT2D eigenvalue weighted by molar-refractivity contribution is 5.98. The summed E-state index contributed by atoms with van der Waals surface area (Å²) >= 11 is 0. The highest BCUT2D eigenvalue weighted by Crippen LogP contribution is 2.31. The van der Waals surface area contributed by atoms with E-state index in [1.54, 1.807) is 11.0 Å². The first kappa shape index (κ1) is 19.8. The van der Waals surface area contributed by atoms with Gasteiger partial charge in [-0.1, -0.05) is 30.3 Å². The van der Waals surface area contributed by atoms with Crippen LogP contribution in [-0.2, 0) is 4.79 Å². The molecule has 2 aromatic carbocycles. The average molecular weight is 403 g/mol. The van der Waals surface area contributed by atoms with Gasteiger partial charge < -0.3 is 19.5 Å². The van der Waals surface area contributed by atoms with Gasteiger partial charge in [0.1, 0.15) is 6.26 Å². The molecule has 1 aliphatic heterocycles. The molecule has 2 amide bonds. The van der Waals surface area contributed by atoms with E-state index < -0.39 is 0 Å². The molecule has 6 heteroatoms. The number of para-hydroxylation sites is 3. The molecule has 4 rings (SSSR count). The van der Waals surface area contributed by atoms with Gasteiger partial charge in [0, 0.05) is 25.8 Å².